The summed E-state index contributed by atoms with van der Waals surface area (Å²) in [7, 11) is 1.61. The molecule has 2 N–H and O–H groups in total. The number of ether oxygens (including phenoxy) is 2. The number of carbonyl (C=O) groups is 2. The van der Waals surface area contributed by atoms with Crippen LogP contribution in [0.15, 0.2) is 18.2 Å². The van der Waals surface area contributed by atoms with Crippen LogP contribution in [0.25, 0.3) is 0 Å². The lowest BCUT2D eigenvalue weighted by atomic mass is 9.96. The highest BCUT2D eigenvalue weighted by molar-refractivity contribution is 5.80. The molecule has 3 rings (SSSR count). The number of nitrogens with one attached hydrogen (secondary N) is 2. The lowest BCUT2D eigenvalue weighted by Crippen LogP contribution is -2.41. The predicted octanol–water partition coefficient (Wildman–Crippen LogP) is 0.388. The molecule has 2 heterocycles. The van der Waals surface area contributed by atoms with Crippen LogP contribution in [0.4, 0.5) is 4.79 Å². The van der Waals surface area contributed by atoms with Gasteiger partial charge in [-0.15, -0.1) is 0 Å². The maximum atomic E-state index is 12.3. The van der Waals surface area contributed by atoms with E-state index >= 15 is 0 Å². The standard InChI is InChI=1S/C16H21N3O4/c1-22-13-3-2-11-8-12(10-23-14(11)9-13)15(20)17-4-6-19-7-5-18-16(19)21/h2-3,9,12H,4-8,10H2,1H3,(H,17,20)(H,18,21). The van der Waals surface area contributed by atoms with Gasteiger partial charge < -0.3 is 25.0 Å². The Morgan fingerprint density at radius 3 is 3.13 bits per heavy atom. The van der Waals surface area contributed by atoms with E-state index in [1.54, 1.807) is 12.0 Å². The third-order valence-corrected chi connectivity index (χ3v) is 4.18. The molecule has 0 aliphatic carbocycles. The van der Waals surface area contributed by atoms with Crippen LogP contribution in [-0.4, -0.2) is 56.7 Å². The van der Waals surface area contributed by atoms with Gasteiger partial charge in [0.15, 0.2) is 0 Å². The number of nitrogens with zero attached hydrogens (tertiary/aromatic N) is 1. The highest BCUT2D eigenvalue weighted by atomic mass is 16.5. The predicted molar refractivity (Wildman–Crippen MR) is 83.7 cm³/mol. The Hall–Kier alpha value is -2.44. The van der Waals surface area contributed by atoms with Gasteiger partial charge in [-0.05, 0) is 18.1 Å². The van der Waals surface area contributed by atoms with Gasteiger partial charge >= 0.3 is 6.03 Å². The van der Waals surface area contributed by atoms with Gasteiger partial charge in [0.25, 0.3) is 0 Å². The van der Waals surface area contributed by atoms with E-state index in [2.05, 4.69) is 10.6 Å². The normalized spacial score (nSPS) is 19.6. The fourth-order valence-corrected chi connectivity index (χ4v) is 2.83. The fraction of sp³-hybridized carbons (Fsp3) is 0.500. The van der Waals surface area contributed by atoms with E-state index in [0.717, 1.165) is 17.1 Å². The first-order valence-corrected chi connectivity index (χ1v) is 7.77. The number of fused-ring (bicyclic) bond motifs is 1. The summed E-state index contributed by atoms with van der Waals surface area (Å²) >= 11 is 0. The molecule has 2 aliphatic heterocycles. The Morgan fingerprint density at radius 2 is 2.39 bits per heavy atom. The first-order valence-electron chi connectivity index (χ1n) is 7.77. The molecule has 1 aromatic carbocycles. The van der Waals surface area contributed by atoms with E-state index in [4.69, 9.17) is 9.47 Å². The summed E-state index contributed by atoms with van der Waals surface area (Å²) in [6.07, 6.45) is 0.648. The monoisotopic (exact) mass is 319 g/mol. The molecule has 0 saturated carbocycles. The average Bonchev–Trinajstić information content (AvgIpc) is 2.99. The first-order chi connectivity index (χ1) is 11.2. The van der Waals surface area contributed by atoms with Crippen molar-refractivity contribution in [3.8, 4) is 11.5 Å². The van der Waals surface area contributed by atoms with Crippen LogP contribution >= 0.6 is 0 Å². The second-order valence-corrected chi connectivity index (χ2v) is 5.70. The molecular formula is C16H21N3O4. The van der Waals surface area contributed by atoms with Crippen LogP contribution < -0.4 is 20.1 Å². The Labute approximate surface area is 134 Å². The molecule has 2 aliphatic rings. The van der Waals surface area contributed by atoms with Crippen molar-refractivity contribution in [1.82, 2.24) is 15.5 Å². The zero-order valence-corrected chi connectivity index (χ0v) is 13.1. The molecule has 0 bridgehead atoms. The van der Waals surface area contributed by atoms with Crippen molar-refractivity contribution < 1.29 is 19.1 Å². The second-order valence-electron chi connectivity index (χ2n) is 5.70. The number of methoxy groups -OCH3 is 1. The van der Waals surface area contributed by atoms with Crippen molar-refractivity contribution in [3.05, 3.63) is 23.8 Å². The lowest BCUT2D eigenvalue weighted by Gasteiger charge is -2.25. The third kappa shape index (κ3) is 3.49. The molecular weight excluding hydrogens is 298 g/mol. The maximum absolute atomic E-state index is 12.3. The third-order valence-electron chi connectivity index (χ3n) is 4.18. The molecule has 23 heavy (non-hydrogen) atoms. The molecule has 1 aromatic rings. The van der Waals surface area contributed by atoms with Crippen LogP contribution in [-0.2, 0) is 11.2 Å². The Kier molecular flexibility index (Phi) is 4.55. The average molecular weight is 319 g/mol. The summed E-state index contributed by atoms with van der Waals surface area (Å²) in [5, 5.41) is 5.62. The molecule has 1 fully saturated rings. The summed E-state index contributed by atoms with van der Waals surface area (Å²) in [5.41, 5.74) is 1.01. The summed E-state index contributed by atoms with van der Waals surface area (Å²) in [6.45, 7) is 2.70. The number of rotatable bonds is 5. The molecule has 3 amide bonds. The fourth-order valence-electron chi connectivity index (χ4n) is 2.83. The van der Waals surface area contributed by atoms with Crippen LogP contribution in [0.1, 0.15) is 5.56 Å². The largest absolute Gasteiger partial charge is 0.497 e. The Balaban J connectivity index is 1.49. The van der Waals surface area contributed by atoms with Crippen molar-refractivity contribution >= 4 is 11.9 Å². The van der Waals surface area contributed by atoms with Gasteiger partial charge in [-0.25, -0.2) is 4.79 Å². The summed E-state index contributed by atoms with van der Waals surface area (Å²) in [4.78, 5) is 25.4. The van der Waals surface area contributed by atoms with Crippen LogP contribution in [0.2, 0.25) is 0 Å². The van der Waals surface area contributed by atoms with E-state index in [1.807, 2.05) is 18.2 Å². The van der Waals surface area contributed by atoms with E-state index < -0.39 is 0 Å². The first kappa shape index (κ1) is 15.5. The quantitative estimate of drug-likeness (QED) is 0.823. The second kappa shape index (κ2) is 6.76. The topological polar surface area (TPSA) is 79.9 Å². The minimum Gasteiger partial charge on any atom is -0.497 e. The summed E-state index contributed by atoms with van der Waals surface area (Å²) < 4.78 is 10.8. The van der Waals surface area contributed by atoms with Crippen molar-refractivity contribution in [2.45, 2.75) is 6.42 Å². The molecule has 1 atom stereocenters. The molecule has 7 heteroatoms. The number of hydrogen-bond acceptors (Lipinski definition) is 4. The summed E-state index contributed by atoms with van der Waals surface area (Å²) in [6, 6.07) is 5.58. The minimum atomic E-state index is -0.205. The molecule has 124 valence electrons. The maximum Gasteiger partial charge on any atom is 0.317 e. The molecule has 1 saturated heterocycles. The van der Waals surface area contributed by atoms with Gasteiger partial charge in [0.2, 0.25) is 5.91 Å². The molecule has 0 aromatic heterocycles. The van der Waals surface area contributed by atoms with Crippen molar-refractivity contribution in [2.24, 2.45) is 5.92 Å². The number of urea groups is 1. The van der Waals surface area contributed by atoms with E-state index in [-0.39, 0.29) is 17.9 Å². The minimum absolute atomic E-state index is 0.0360. The Morgan fingerprint density at radius 1 is 1.52 bits per heavy atom. The number of hydrogen-bond donors (Lipinski definition) is 2. The highest BCUT2D eigenvalue weighted by Gasteiger charge is 2.26. The van der Waals surface area contributed by atoms with Gasteiger partial charge in [-0.2, -0.15) is 0 Å². The van der Waals surface area contributed by atoms with Crippen LogP contribution in [0.3, 0.4) is 0 Å². The lowest BCUT2D eigenvalue weighted by molar-refractivity contribution is -0.126. The molecule has 1 unspecified atom stereocenters. The van der Waals surface area contributed by atoms with Gasteiger partial charge in [0.1, 0.15) is 18.1 Å². The van der Waals surface area contributed by atoms with Gasteiger partial charge in [-0.1, -0.05) is 6.07 Å². The number of carbonyl (C=O) groups excluding carboxylic acids is 2. The van der Waals surface area contributed by atoms with Crippen LogP contribution in [0.5, 0.6) is 11.5 Å². The van der Waals surface area contributed by atoms with Crippen LogP contribution in [0, 0.1) is 5.92 Å². The Bertz CT molecular complexity index is 605. The van der Waals surface area contributed by atoms with Gasteiger partial charge in [0.05, 0.1) is 13.0 Å². The van der Waals surface area contributed by atoms with Gasteiger partial charge in [-0.3, -0.25) is 4.79 Å². The highest BCUT2D eigenvalue weighted by Crippen LogP contribution is 2.30. The van der Waals surface area contributed by atoms with Gasteiger partial charge in [0, 0.05) is 32.2 Å². The molecule has 7 nitrogen and oxygen atoms in total. The zero-order valence-electron chi connectivity index (χ0n) is 13.1. The summed E-state index contributed by atoms with van der Waals surface area (Å²) in [5.74, 6) is 1.28. The van der Waals surface area contributed by atoms with E-state index in [0.29, 0.717) is 39.2 Å². The van der Waals surface area contributed by atoms with E-state index in [1.165, 1.54) is 0 Å². The van der Waals surface area contributed by atoms with Crippen molar-refractivity contribution in [3.63, 3.8) is 0 Å². The van der Waals surface area contributed by atoms with Crippen molar-refractivity contribution in [2.75, 3.05) is 39.9 Å². The number of benzene rings is 1. The number of amides is 3. The van der Waals surface area contributed by atoms with E-state index in [9.17, 15) is 9.59 Å². The molecule has 0 radical (unpaired) electrons. The van der Waals surface area contributed by atoms with Crippen molar-refractivity contribution in [1.29, 1.82) is 0 Å². The molecule has 0 spiro atoms. The zero-order chi connectivity index (χ0) is 16.2. The smallest absolute Gasteiger partial charge is 0.317 e. The SMILES string of the molecule is COc1ccc2c(c1)OCC(C(=O)NCCN1CCNC1=O)C2.